The van der Waals surface area contributed by atoms with Crippen LogP contribution in [-0.4, -0.2) is 23.8 Å². The summed E-state index contributed by atoms with van der Waals surface area (Å²) in [6.07, 6.45) is -0.437. The summed E-state index contributed by atoms with van der Waals surface area (Å²) in [5, 5.41) is 17.3. The fourth-order valence-electron chi connectivity index (χ4n) is 1.18. The van der Waals surface area contributed by atoms with Crippen LogP contribution in [0.3, 0.4) is 0 Å². The van der Waals surface area contributed by atoms with Crippen molar-refractivity contribution in [1.29, 1.82) is 5.26 Å². The van der Waals surface area contributed by atoms with Gasteiger partial charge in [-0.15, -0.1) is 0 Å². The minimum Gasteiger partial charge on any atom is -0.466 e. The molecule has 1 aliphatic carbocycles. The molecule has 0 heterocycles. The lowest BCUT2D eigenvalue weighted by molar-refractivity contribution is -0.145. The van der Waals surface area contributed by atoms with Crippen molar-refractivity contribution >= 4 is 5.97 Å². The molecule has 1 fully saturated rings. The topological polar surface area (TPSA) is 70.3 Å². The first kappa shape index (κ1) is 9.01. The summed E-state index contributed by atoms with van der Waals surface area (Å²) in [5.74, 6) is -0.745. The van der Waals surface area contributed by atoms with Crippen molar-refractivity contribution in [3.8, 4) is 6.07 Å². The van der Waals surface area contributed by atoms with E-state index in [1.165, 1.54) is 0 Å². The molecule has 4 nitrogen and oxygen atoms in total. The van der Waals surface area contributed by atoms with E-state index in [2.05, 4.69) is 0 Å². The fourth-order valence-corrected chi connectivity index (χ4v) is 1.18. The number of esters is 1. The van der Waals surface area contributed by atoms with Crippen molar-refractivity contribution in [1.82, 2.24) is 0 Å². The highest BCUT2D eigenvalue weighted by molar-refractivity contribution is 5.75. The third-order valence-electron chi connectivity index (χ3n) is 1.97. The first-order valence-electron chi connectivity index (χ1n) is 3.95. The Labute approximate surface area is 70.7 Å². The van der Waals surface area contributed by atoms with Crippen LogP contribution in [0.4, 0.5) is 0 Å². The zero-order valence-electron chi connectivity index (χ0n) is 6.86. The first-order valence-corrected chi connectivity index (χ1v) is 3.95. The lowest BCUT2D eigenvalue weighted by atomic mass is 10.2. The summed E-state index contributed by atoms with van der Waals surface area (Å²) >= 11 is 0. The third-order valence-corrected chi connectivity index (χ3v) is 1.97. The maximum Gasteiger partial charge on any atom is 0.309 e. The molecular formula is C8H11NO3. The Kier molecular flexibility index (Phi) is 2.66. The molecule has 0 aromatic carbocycles. The molecule has 0 aliphatic heterocycles. The van der Waals surface area contributed by atoms with Gasteiger partial charge in [0.25, 0.3) is 0 Å². The second-order valence-electron chi connectivity index (χ2n) is 2.83. The van der Waals surface area contributed by atoms with Gasteiger partial charge in [0.15, 0.2) is 0 Å². The van der Waals surface area contributed by atoms with Gasteiger partial charge in [0.05, 0.1) is 18.6 Å². The van der Waals surface area contributed by atoms with Gasteiger partial charge in [0, 0.05) is 5.92 Å². The highest BCUT2D eigenvalue weighted by atomic mass is 16.5. The van der Waals surface area contributed by atoms with Gasteiger partial charge in [-0.1, -0.05) is 0 Å². The minimum absolute atomic E-state index is 0.200. The van der Waals surface area contributed by atoms with Crippen LogP contribution >= 0.6 is 0 Å². The second kappa shape index (κ2) is 3.55. The molecule has 4 heteroatoms. The van der Waals surface area contributed by atoms with Crippen LogP contribution in [-0.2, 0) is 9.53 Å². The molecule has 0 aromatic heterocycles. The number of nitrogens with zero attached hydrogens (tertiary/aromatic N) is 1. The van der Waals surface area contributed by atoms with Gasteiger partial charge in [0.1, 0.15) is 6.10 Å². The van der Waals surface area contributed by atoms with Gasteiger partial charge in [0.2, 0.25) is 0 Å². The van der Waals surface area contributed by atoms with Crippen molar-refractivity contribution in [2.24, 2.45) is 11.8 Å². The van der Waals surface area contributed by atoms with E-state index < -0.39 is 6.10 Å². The van der Waals surface area contributed by atoms with E-state index in [0.717, 1.165) is 0 Å². The quantitative estimate of drug-likeness (QED) is 0.479. The molecule has 0 spiro atoms. The Balaban J connectivity index is 2.33. The largest absolute Gasteiger partial charge is 0.466 e. The number of nitriles is 1. The van der Waals surface area contributed by atoms with E-state index in [4.69, 9.17) is 15.1 Å². The number of aliphatic hydroxyl groups is 1. The molecule has 1 N–H and O–H groups in total. The van der Waals surface area contributed by atoms with Crippen LogP contribution in [0.1, 0.15) is 13.3 Å². The second-order valence-corrected chi connectivity index (χ2v) is 2.83. The molecule has 3 atom stereocenters. The van der Waals surface area contributed by atoms with Gasteiger partial charge in [-0.25, -0.2) is 0 Å². The number of carbonyl (C=O) groups excluding carboxylic acids is 1. The van der Waals surface area contributed by atoms with Crippen LogP contribution in [0, 0.1) is 23.2 Å². The zero-order valence-corrected chi connectivity index (χ0v) is 6.86. The van der Waals surface area contributed by atoms with E-state index in [9.17, 15) is 4.79 Å². The molecule has 66 valence electrons. The maximum atomic E-state index is 11.0. The molecule has 0 aromatic rings. The Morgan fingerprint density at radius 2 is 2.58 bits per heavy atom. The maximum absolute atomic E-state index is 11.0. The lowest BCUT2D eigenvalue weighted by Gasteiger charge is -2.00. The van der Waals surface area contributed by atoms with Gasteiger partial charge < -0.3 is 9.84 Å². The molecule has 1 rings (SSSR count). The Morgan fingerprint density at radius 1 is 1.92 bits per heavy atom. The summed E-state index contributed by atoms with van der Waals surface area (Å²) in [6, 6.07) is 1.70. The van der Waals surface area contributed by atoms with Crippen LogP contribution in [0.15, 0.2) is 0 Å². The average molecular weight is 169 g/mol. The van der Waals surface area contributed by atoms with E-state index in [-0.39, 0.29) is 17.8 Å². The molecule has 12 heavy (non-hydrogen) atoms. The average Bonchev–Trinajstić information content (AvgIpc) is 2.82. The number of aliphatic hydroxyl groups excluding tert-OH is 1. The standard InChI is InChI=1S/C8H11NO3/c1-2-12-8(11)6-3-5(6)7(10)4-9/h5-7,10H,2-3H2,1H3. The van der Waals surface area contributed by atoms with Crippen molar-refractivity contribution in [2.45, 2.75) is 19.4 Å². The summed E-state index contributed by atoms with van der Waals surface area (Å²) < 4.78 is 4.73. The molecule has 1 aliphatic rings. The molecular weight excluding hydrogens is 158 g/mol. The first-order chi connectivity index (χ1) is 5.70. The third kappa shape index (κ3) is 1.74. The number of ether oxygens (including phenoxy) is 1. The van der Waals surface area contributed by atoms with E-state index in [0.29, 0.717) is 13.0 Å². The Morgan fingerprint density at radius 3 is 3.08 bits per heavy atom. The lowest BCUT2D eigenvalue weighted by Crippen LogP contribution is -2.13. The summed E-state index contributed by atoms with van der Waals surface area (Å²) in [6.45, 7) is 2.08. The van der Waals surface area contributed by atoms with Crippen molar-refractivity contribution in [3.63, 3.8) is 0 Å². The van der Waals surface area contributed by atoms with Crippen molar-refractivity contribution in [2.75, 3.05) is 6.61 Å². The number of hydrogen-bond acceptors (Lipinski definition) is 4. The van der Waals surface area contributed by atoms with Crippen LogP contribution in [0.2, 0.25) is 0 Å². The highest BCUT2D eigenvalue weighted by Gasteiger charge is 2.48. The highest BCUT2D eigenvalue weighted by Crippen LogP contribution is 2.41. The van der Waals surface area contributed by atoms with Crippen LogP contribution in [0.5, 0.6) is 0 Å². The Bertz CT molecular complexity index is 221. The van der Waals surface area contributed by atoms with Crippen molar-refractivity contribution in [3.05, 3.63) is 0 Å². The summed E-state index contributed by atoms with van der Waals surface area (Å²) in [7, 11) is 0. The summed E-state index contributed by atoms with van der Waals surface area (Å²) in [4.78, 5) is 11.0. The van der Waals surface area contributed by atoms with Gasteiger partial charge in [-0.05, 0) is 13.3 Å². The van der Waals surface area contributed by atoms with Gasteiger partial charge in [-0.3, -0.25) is 4.79 Å². The SMILES string of the molecule is CCOC(=O)C1CC1C(O)C#N. The van der Waals surface area contributed by atoms with Crippen LogP contribution in [0.25, 0.3) is 0 Å². The van der Waals surface area contributed by atoms with Crippen molar-refractivity contribution < 1.29 is 14.6 Å². The smallest absolute Gasteiger partial charge is 0.309 e. The monoisotopic (exact) mass is 169 g/mol. The molecule has 0 amide bonds. The van der Waals surface area contributed by atoms with Gasteiger partial charge >= 0.3 is 5.97 Å². The number of carbonyl (C=O) groups is 1. The molecule has 0 bridgehead atoms. The molecule has 0 radical (unpaired) electrons. The zero-order chi connectivity index (χ0) is 9.14. The molecule has 3 unspecified atom stereocenters. The minimum atomic E-state index is -1.01. The van der Waals surface area contributed by atoms with E-state index in [1.54, 1.807) is 13.0 Å². The van der Waals surface area contributed by atoms with E-state index >= 15 is 0 Å². The Hall–Kier alpha value is -1.08. The van der Waals surface area contributed by atoms with E-state index in [1.807, 2.05) is 0 Å². The number of hydrogen-bond donors (Lipinski definition) is 1. The number of rotatable bonds is 3. The normalized spacial score (nSPS) is 28.8. The summed E-state index contributed by atoms with van der Waals surface area (Å²) in [5.41, 5.74) is 0. The van der Waals surface area contributed by atoms with Crippen LogP contribution < -0.4 is 0 Å². The predicted molar refractivity (Wildman–Crippen MR) is 39.8 cm³/mol. The fraction of sp³-hybridized carbons (Fsp3) is 0.750. The molecule has 0 saturated heterocycles. The molecule has 1 saturated carbocycles. The predicted octanol–water partition coefficient (Wildman–Crippen LogP) is 0.0701. The van der Waals surface area contributed by atoms with Gasteiger partial charge in [-0.2, -0.15) is 5.26 Å².